The molecule has 2 aliphatic rings. The molecule has 0 radical (unpaired) electrons. The van der Waals surface area contributed by atoms with Crippen LogP contribution in [0.25, 0.3) is 0 Å². The molecule has 4 rings (SSSR count). The minimum absolute atomic E-state index is 0.298. The van der Waals surface area contributed by atoms with Crippen molar-refractivity contribution in [1.29, 1.82) is 0 Å². The van der Waals surface area contributed by atoms with Crippen LogP contribution in [0.15, 0.2) is 58.9 Å². The van der Waals surface area contributed by atoms with E-state index >= 15 is 0 Å². The summed E-state index contributed by atoms with van der Waals surface area (Å²) in [5.74, 6) is 0.0549. The Kier molecular flexibility index (Phi) is 4.35. The third kappa shape index (κ3) is 2.95. The lowest BCUT2D eigenvalue weighted by atomic mass is 10.1. The summed E-state index contributed by atoms with van der Waals surface area (Å²) in [6.07, 6.45) is 0. The number of fused-ring (bicyclic) bond motifs is 1. The molecule has 0 spiro atoms. The summed E-state index contributed by atoms with van der Waals surface area (Å²) in [7, 11) is 0. The van der Waals surface area contributed by atoms with Crippen LogP contribution >= 0.6 is 0 Å². The maximum absolute atomic E-state index is 13.0. The van der Waals surface area contributed by atoms with E-state index in [9.17, 15) is 9.59 Å². The number of anilines is 1. The van der Waals surface area contributed by atoms with Gasteiger partial charge in [-0.1, -0.05) is 29.5 Å². The molecule has 2 heterocycles. The van der Waals surface area contributed by atoms with Crippen molar-refractivity contribution in [3.63, 3.8) is 0 Å². The topological polar surface area (TPSA) is 74.6 Å². The van der Waals surface area contributed by atoms with Crippen molar-refractivity contribution in [2.45, 2.75) is 32.5 Å². The first-order valence-electron chi connectivity index (χ1n) is 8.92. The minimum atomic E-state index is -0.784. The van der Waals surface area contributed by atoms with Crippen LogP contribution in [0, 0.1) is 6.92 Å². The molecule has 1 fully saturated rings. The largest absolute Gasteiger partial charge is 0.494 e. The average Bonchev–Trinajstić information content (AvgIpc) is 3.19. The number of hydrogen-bond donors (Lipinski definition) is 0. The van der Waals surface area contributed by atoms with Gasteiger partial charge in [0.25, 0.3) is 11.8 Å². The Balaban J connectivity index is 1.57. The highest BCUT2D eigenvalue weighted by Gasteiger charge is 2.54. The van der Waals surface area contributed by atoms with Crippen LogP contribution in [0.1, 0.15) is 18.1 Å². The molecule has 1 saturated heterocycles. The van der Waals surface area contributed by atoms with Crippen LogP contribution in [0.5, 0.6) is 5.75 Å². The van der Waals surface area contributed by atoms with Gasteiger partial charge in [0.1, 0.15) is 5.75 Å². The SMILES string of the molecule is CCOc1ccc(N2C(=O)[C@@H]3[C@@H](N=NN3Cc3ccccc3C)C2=O)cc1. The zero-order valence-corrected chi connectivity index (χ0v) is 15.2. The van der Waals surface area contributed by atoms with Crippen molar-refractivity contribution >= 4 is 17.5 Å². The van der Waals surface area contributed by atoms with E-state index in [-0.39, 0.29) is 11.8 Å². The van der Waals surface area contributed by atoms with Gasteiger partial charge in [0.05, 0.1) is 18.8 Å². The van der Waals surface area contributed by atoms with E-state index in [0.717, 1.165) is 11.1 Å². The summed E-state index contributed by atoms with van der Waals surface area (Å²) in [5, 5.41) is 9.78. The number of carbonyl (C=O) groups excluding carboxylic acids is 2. The number of rotatable bonds is 5. The highest BCUT2D eigenvalue weighted by molar-refractivity contribution is 6.25. The number of ether oxygens (including phenoxy) is 1. The smallest absolute Gasteiger partial charge is 0.263 e. The number of imide groups is 1. The number of amides is 2. The van der Waals surface area contributed by atoms with Gasteiger partial charge in [-0.05, 0) is 49.2 Å². The molecule has 0 aromatic heterocycles. The predicted octanol–water partition coefficient (Wildman–Crippen LogP) is 2.89. The zero-order chi connectivity index (χ0) is 19.0. The van der Waals surface area contributed by atoms with Gasteiger partial charge in [0.15, 0.2) is 12.1 Å². The number of nitrogens with zero attached hydrogens (tertiary/aromatic N) is 4. The Morgan fingerprint density at radius 1 is 1.04 bits per heavy atom. The van der Waals surface area contributed by atoms with Crippen molar-refractivity contribution in [1.82, 2.24) is 5.01 Å². The quantitative estimate of drug-likeness (QED) is 0.765. The lowest BCUT2D eigenvalue weighted by molar-refractivity contribution is -0.123. The van der Waals surface area contributed by atoms with Gasteiger partial charge in [-0.3, -0.25) is 14.6 Å². The van der Waals surface area contributed by atoms with Gasteiger partial charge in [-0.2, -0.15) is 5.11 Å². The van der Waals surface area contributed by atoms with Crippen LogP contribution in [-0.2, 0) is 16.1 Å². The van der Waals surface area contributed by atoms with Gasteiger partial charge in [0, 0.05) is 0 Å². The number of aryl methyl sites for hydroxylation is 1. The first-order chi connectivity index (χ1) is 13.1. The fraction of sp³-hybridized carbons (Fsp3) is 0.300. The maximum Gasteiger partial charge on any atom is 0.263 e. The maximum atomic E-state index is 13.0. The fourth-order valence-corrected chi connectivity index (χ4v) is 3.43. The third-order valence-electron chi connectivity index (χ3n) is 4.86. The molecule has 2 aliphatic heterocycles. The van der Waals surface area contributed by atoms with Crippen molar-refractivity contribution < 1.29 is 14.3 Å². The van der Waals surface area contributed by atoms with Gasteiger partial charge in [-0.25, -0.2) is 4.90 Å². The van der Waals surface area contributed by atoms with Gasteiger partial charge < -0.3 is 4.74 Å². The second-order valence-electron chi connectivity index (χ2n) is 6.56. The molecule has 0 unspecified atom stereocenters. The summed E-state index contributed by atoms with van der Waals surface area (Å²) in [5.41, 5.74) is 2.68. The molecule has 0 N–H and O–H groups in total. The number of benzene rings is 2. The van der Waals surface area contributed by atoms with Crippen LogP contribution < -0.4 is 9.64 Å². The van der Waals surface area contributed by atoms with Crippen molar-refractivity contribution in [3.8, 4) is 5.75 Å². The lowest BCUT2D eigenvalue weighted by Gasteiger charge is -2.21. The molecule has 2 amide bonds. The van der Waals surface area contributed by atoms with Crippen LogP contribution in [0.3, 0.4) is 0 Å². The van der Waals surface area contributed by atoms with E-state index in [1.165, 1.54) is 4.90 Å². The molecule has 2 aromatic carbocycles. The van der Waals surface area contributed by atoms with E-state index in [1.54, 1.807) is 29.3 Å². The van der Waals surface area contributed by atoms with Gasteiger partial charge in [0.2, 0.25) is 0 Å². The average molecular weight is 364 g/mol. The highest BCUT2D eigenvalue weighted by Crippen LogP contribution is 2.33. The van der Waals surface area contributed by atoms with Crippen molar-refractivity contribution in [3.05, 3.63) is 59.7 Å². The van der Waals surface area contributed by atoms with Crippen molar-refractivity contribution in [2.75, 3.05) is 11.5 Å². The molecule has 7 heteroatoms. The Labute approximate surface area is 157 Å². The van der Waals surface area contributed by atoms with Crippen LogP contribution in [0.2, 0.25) is 0 Å². The molecular weight excluding hydrogens is 344 g/mol. The van der Waals surface area contributed by atoms with E-state index in [4.69, 9.17) is 4.74 Å². The predicted molar refractivity (Wildman–Crippen MR) is 99.3 cm³/mol. The summed E-state index contributed by atoms with van der Waals surface area (Å²) in [6, 6.07) is 13.4. The number of hydrogen-bond acceptors (Lipinski definition) is 6. The molecule has 2 atom stereocenters. The first-order valence-corrected chi connectivity index (χ1v) is 8.92. The Morgan fingerprint density at radius 2 is 1.78 bits per heavy atom. The molecular formula is C20H20N4O3. The van der Waals surface area contributed by atoms with E-state index < -0.39 is 12.1 Å². The Morgan fingerprint density at radius 3 is 2.48 bits per heavy atom. The molecule has 0 bridgehead atoms. The van der Waals surface area contributed by atoms with Crippen LogP contribution in [-0.4, -0.2) is 35.5 Å². The van der Waals surface area contributed by atoms with Gasteiger partial charge in [-0.15, -0.1) is 0 Å². The lowest BCUT2D eigenvalue weighted by Crippen LogP contribution is -2.39. The monoisotopic (exact) mass is 364 g/mol. The second kappa shape index (κ2) is 6.83. The Bertz CT molecular complexity index is 910. The standard InChI is InChI=1S/C20H20N4O3/c1-3-27-16-10-8-15(9-11-16)24-19(25)17-18(20(24)26)23(22-21-17)12-14-7-5-4-6-13(14)2/h4-11,17-18H,3,12H2,1-2H3/t17-,18+/m1/s1. The first kappa shape index (κ1) is 17.2. The van der Waals surface area contributed by atoms with Gasteiger partial charge >= 0.3 is 0 Å². The zero-order valence-electron chi connectivity index (χ0n) is 15.2. The minimum Gasteiger partial charge on any atom is -0.494 e. The van der Waals surface area contributed by atoms with Crippen molar-refractivity contribution in [2.24, 2.45) is 10.3 Å². The Hall–Kier alpha value is -3.22. The highest BCUT2D eigenvalue weighted by atomic mass is 16.5. The summed E-state index contributed by atoms with van der Waals surface area (Å²) < 4.78 is 5.42. The number of carbonyl (C=O) groups is 2. The summed E-state index contributed by atoms with van der Waals surface area (Å²) >= 11 is 0. The third-order valence-corrected chi connectivity index (χ3v) is 4.86. The second-order valence-corrected chi connectivity index (χ2v) is 6.56. The molecule has 0 aliphatic carbocycles. The molecule has 7 nitrogen and oxygen atoms in total. The van der Waals surface area contributed by atoms with E-state index in [1.807, 2.05) is 38.1 Å². The normalized spacial score (nSPS) is 21.1. The summed E-state index contributed by atoms with van der Waals surface area (Å²) in [6.45, 7) is 4.90. The molecule has 27 heavy (non-hydrogen) atoms. The van der Waals surface area contributed by atoms with Crippen LogP contribution in [0.4, 0.5) is 5.69 Å². The molecule has 2 aromatic rings. The fourth-order valence-electron chi connectivity index (χ4n) is 3.43. The van der Waals surface area contributed by atoms with E-state index in [2.05, 4.69) is 10.3 Å². The molecule has 138 valence electrons. The molecule has 0 saturated carbocycles. The van der Waals surface area contributed by atoms with E-state index in [0.29, 0.717) is 24.6 Å². The summed E-state index contributed by atoms with van der Waals surface area (Å²) in [4.78, 5) is 27.0.